The molecule has 0 bridgehead atoms. The lowest BCUT2D eigenvalue weighted by molar-refractivity contribution is -0.122. The molecule has 2 atom stereocenters. The zero-order valence-corrected chi connectivity index (χ0v) is 14.4. The van der Waals surface area contributed by atoms with E-state index < -0.39 is 13.1 Å². The highest BCUT2D eigenvalue weighted by Crippen LogP contribution is 2.36. The van der Waals surface area contributed by atoms with E-state index in [1.165, 1.54) is 0 Å². The van der Waals surface area contributed by atoms with Crippen LogP contribution >= 0.6 is 0 Å². The van der Waals surface area contributed by atoms with Crippen molar-refractivity contribution < 1.29 is 24.3 Å². The van der Waals surface area contributed by atoms with Crippen LogP contribution in [-0.4, -0.2) is 42.2 Å². The summed E-state index contributed by atoms with van der Waals surface area (Å²) in [5.41, 5.74) is 1.03. The lowest BCUT2D eigenvalue weighted by Crippen LogP contribution is -2.47. The molecule has 1 amide bonds. The van der Waals surface area contributed by atoms with Gasteiger partial charge in [0.2, 0.25) is 5.91 Å². The molecule has 3 rings (SSSR count). The highest BCUT2D eigenvalue weighted by molar-refractivity contribution is 6.43. The van der Waals surface area contributed by atoms with Crippen molar-refractivity contribution in [3.05, 3.63) is 60.2 Å². The summed E-state index contributed by atoms with van der Waals surface area (Å²) < 4.78 is 11.1. The van der Waals surface area contributed by atoms with Crippen molar-refractivity contribution in [2.75, 3.05) is 13.2 Å². The van der Waals surface area contributed by atoms with E-state index in [0.717, 1.165) is 11.3 Å². The number of amides is 1. The second kappa shape index (κ2) is 8.73. The average molecular weight is 355 g/mol. The number of hydrogen-bond acceptors (Lipinski definition) is 5. The number of benzene rings is 2. The summed E-state index contributed by atoms with van der Waals surface area (Å²) in [6, 6.07) is 16.9. The molecule has 1 heterocycles. The lowest BCUT2D eigenvalue weighted by atomic mass is 9.73. The van der Waals surface area contributed by atoms with Gasteiger partial charge >= 0.3 is 7.12 Å². The van der Waals surface area contributed by atoms with Crippen LogP contribution in [0.3, 0.4) is 0 Å². The highest BCUT2D eigenvalue weighted by Gasteiger charge is 2.32. The number of carbonyl (C=O) groups is 1. The standard InChI is InChI=1S/C19H22BNO5/c22-19(10-11-25-15-6-2-1-3-7-15)21-18(20(23)24)12-14-13-26-17-9-5-4-8-16(14)17/h1-9,14,18,23-24H,10-13H2,(H,21,22). The first-order valence-electron chi connectivity index (χ1n) is 8.68. The highest BCUT2D eigenvalue weighted by atomic mass is 16.5. The van der Waals surface area contributed by atoms with Crippen LogP contribution in [0.15, 0.2) is 54.6 Å². The molecular weight excluding hydrogens is 333 g/mol. The van der Waals surface area contributed by atoms with E-state index in [1.807, 2.05) is 54.6 Å². The SMILES string of the molecule is O=C(CCOc1ccccc1)NC(CC1COc2ccccc21)B(O)O. The number of nitrogens with one attached hydrogen (secondary N) is 1. The maximum absolute atomic E-state index is 12.1. The number of ether oxygens (including phenoxy) is 2. The molecule has 26 heavy (non-hydrogen) atoms. The van der Waals surface area contributed by atoms with Gasteiger partial charge in [-0.05, 0) is 24.6 Å². The van der Waals surface area contributed by atoms with Crippen LogP contribution in [0.1, 0.15) is 24.3 Å². The van der Waals surface area contributed by atoms with Crippen LogP contribution < -0.4 is 14.8 Å². The molecular formula is C19H22BNO5. The molecule has 1 aliphatic heterocycles. The van der Waals surface area contributed by atoms with E-state index in [9.17, 15) is 14.8 Å². The first-order valence-corrected chi connectivity index (χ1v) is 8.68. The van der Waals surface area contributed by atoms with Crippen molar-refractivity contribution in [3.8, 4) is 11.5 Å². The number of carbonyl (C=O) groups excluding carboxylic acids is 1. The predicted molar refractivity (Wildman–Crippen MR) is 98.0 cm³/mol. The number of para-hydroxylation sites is 2. The molecule has 0 radical (unpaired) electrons. The van der Waals surface area contributed by atoms with Crippen LogP contribution in [0.4, 0.5) is 0 Å². The van der Waals surface area contributed by atoms with Crippen LogP contribution in [0.25, 0.3) is 0 Å². The molecule has 0 saturated carbocycles. The Bertz CT molecular complexity index is 725. The van der Waals surface area contributed by atoms with E-state index in [2.05, 4.69) is 5.32 Å². The Morgan fingerprint density at radius 1 is 1.19 bits per heavy atom. The third-order valence-corrected chi connectivity index (χ3v) is 4.38. The zero-order chi connectivity index (χ0) is 18.4. The topological polar surface area (TPSA) is 88.0 Å². The van der Waals surface area contributed by atoms with Gasteiger partial charge in [-0.1, -0.05) is 36.4 Å². The summed E-state index contributed by atoms with van der Waals surface area (Å²) in [7, 11) is -1.64. The smallest absolute Gasteiger partial charge is 0.475 e. The summed E-state index contributed by atoms with van der Waals surface area (Å²) in [4.78, 5) is 12.1. The van der Waals surface area contributed by atoms with Crippen molar-refractivity contribution in [2.24, 2.45) is 0 Å². The molecule has 0 saturated heterocycles. The summed E-state index contributed by atoms with van der Waals surface area (Å²) in [6.07, 6.45) is 0.524. The Hall–Kier alpha value is -2.51. The first-order chi connectivity index (χ1) is 12.6. The van der Waals surface area contributed by atoms with E-state index in [4.69, 9.17) is 9.47 Å². The summed E-state index contributed by atoms with van der Waals surface area (Å²) >= 11 is 0. The molecule has 0 aliphatic carbocycles. The van der Waals surface area contributed by atoms with E-state index in [0.29, 0.717) is 18.8 Å². The largest absolute Gasteiger partial charge is 0.493 e. The van der Waals surface area contributed by atoms with Gasteiger partial charge in [-0.15, -0.1) is 0 Å². The Morgan fingerprint density at radius 3 is 2.69 bits per heavy atom. The quantitative estimate of drug-likeness (QED) is 0.625. The monoisotopic (exact) mass is 355 g/mol. The van der Waals surface area contributed by atoms with Gasteiger partial charge in [0.25, 0.3) is 0 Å². The van der Waals surface area contributed by atoms with E-state index in [-0.39, 0.29) is 24.9 Å². The fraction of sp³-hybridized carbons (Fsp3) is 0.316. The minimum atomic E-state index is -1.64. The van der Waals surface area contributed by atoms with Crippen molar-refractivity contribution in [2.45, 2.75) is 24.7 Å². The number of hydrogen-bond donors (Lipinski definition) is 3. The van der Waals surface area contributed by atoms with Crippen molar-refractivity contribution in [3.63, 3.8) is 0 Å². The van der Waals surface area contributed by atoms with Gasteiger partial charge in [-0.3, -0.25) is 4.79 Å². The molecule has 0 spiro atoms. The molecule has 2 unspecified atom stereocenters. The fourth-order valence-electron chi connectivity index (χ4n) is 3.04. The second-order valence-electron chi connectivity index (χ2n) is 6.28. The number of rotatable bonds is 8. The lowest BCUT2D eigenvalue weighted by Gasteiger charge is -2.21. The third-order valence-electron chi connectivity index (χ3n) is 4.38. The summed E-state index contributed by atoms with van der Waals surface area (Å²) in [6.45, 7) is 0.690. The van der Waals surface area contributed by atoms with E-state index in [1.54, 1.807) is 0 Å². The molecule has 2 aromatic rings. The predicted octanol–water partition coefficient (Wildman–Crippen LogP) is 1.52. The number of fused-ring (bicyclic) bond motifs is 1. The Balaban J connectivity index is 1.50. The molecule has 6 nitrogen and oxygen atoms in total. The van der Waals surface area contributed by atoms with Crippen molar-refractivity contribution in [1.82, 2.24) is 5.32 Å². The Kier molecular flexibility index (Phi) is 6.14. The minimum Gasteiger partial charge on any atom is -0.493 e. The van der Waals surface area contributed by atoms with Gasteiger partial charge in [-0.2, -0.15) is 0 Å². The molecule has 136 valence electrons. The molecule has 7 heteroatoms. The van der Waals surface area contributed by atoms with Crippen LogP contribution in [0, 0.1) is 0 Å². The first kappa shape index (κ1) is 18.3. The van der Waals surface area contributed by atoms with E-state index >= 15 is 0 Å². The van der Waals surface area contributed by atoms with Gasteiger partial charge in [0.15, 0.2) is 0 Å². The second-order valence-corrected chi connectivity index (χ2v) is 6.28. The van der Waals surface area contributed by atoms with Gasteiger partial charge in [0.05, 0.1) is 25.6 Å². The maximum Gasteiger partial charge on any atom is 0.475 e. The normalized spacial score (nSPS) is 16.3. The fourth-order valence-corrected chi connectivity index (χ4v) is 3.04. The maximum atomic E-state index is 12.1. The van der Waals surface area contributed by atoms with Crippen molar-refractivity contribution in [1.29, 1.82) is 0 Å². The van der Waals surface area contributed by atoms with Crippen LogP contribution in [0.2, 0.25) is 0 Å². The molecule has 0 fully saturated rings. The molecule has 2 aromatic carbocycles. The Labute approximate surface area is 152 Å². The summed E-state index contributed by atoms with van der Waals surface area (Å²) in [5.74, 6) is 0.467. The van der Waals surface area contributed by atoms with Crippen LogP contribution in [0.5, 0.6) is 11.5 Å². The van der Waals surface area contributed by atoms with Crippen molar-refractivity contribution >= 4 is 13.0 Å². The third kappa shape index (κ3) is 4.77. The zero-order valence-electron chi connectivity index (χ0n) is 14.4. The average Bonchev–Trinajstić information content (AvgIpc) is 3.05. The summed E-state index contributed by atoms with van der Waals surface area (Å²) in [5, 5.41) is 22.0. The van der Waals surface area contributed by atoms with Crippen LogP contribution in [-0.2, 0) is 4.79 Å². The van der Waals surface area contributed by atoms with Gasteiger partial charge in [0, 0.05) is 11.5 Å². The van der Waals surface area contributed by atoms with Gasteiger partial charge < -0.3 is 24.8 Å². The molecule has 0 aromatic heterocycles. The molecule has 3 N–H and O–H groups in total. The van der Waals surface area contributed by atoms with Gasteiger partial charge in [-0.25, -0.2) is 0 Å². The minimum absolute atomic E-state index is 0.0128. The molecule has 1 aliphatic rings. The Morgan fingerprint density at radius 2 is 1.92 bits per heavy atom. The van der Waals surface area contributed by atoms with Gasteiger partial charge in [0.1, 0.15) is 11.5 Å².